The Morgan fingerprint density at radius 2 is 1.82 bits per heavy atom. The molecule has 1 rings (SSSR count). The topological polar surface area (TPSA) is 54.6 Å². The Kier molecular flexibility index (Phi) is 4.49. The Morgan fingerprint density at radius 1 is 1.24 bits per heavy atom. The molecule has 94 valence electrons. The number of nitrogens with zero attached hydrogens (tertiary/aromatic N) is 1. The smallest absolute Gasteiger partial charge is 0.307 e. The average molecular weight is 236 g/mol. The molecule has 0 saturated carbocycles. The van der Waals surface area contributed by atoms with Gasteiger partial charge in [0.15, 0.2) is 5.76 Å². The van der Waals surface area contributed by atoms with Crippen LogP contribution < -0.4 is 5.43 Å². The third kappa shape index (κ3) is 3.73. The summed E-state index contributed by atoms with van der Waals surface area (Å²) in [6.45, 7) is 10.0. The molecule has 17 heavy (non-hydrogen) atoms. The maximum atomic E-state index is 11.7. The van der Waals surface area contributed by atoms with Gasteiger partial charge in [-0.15, -0.1) is 0 Å². The molecule has 0 aromatic carbocycles. The first kappa shape index (κ1) is 13.5. The molecule has 0 atom stereocenters. The van der Waals surface area contributed by atoms with Crippen LogP contribution in [0.1, 0.15) is 44.0 Å². The van der Waals surface area contributed by atoms with Crippen LogP contribution in [0.25, 0.3) is 0 Å². The van der Waals surface area contributed by atoms with Gasteiger partial charge in [0, 0.05) is 5.71 Å². The van der Waals surface area contributed by atoms with E-state index in [1.165, 1.54) is 0 Å². The molecule has 0 unspecified atom stereocenters. The van der Waals surface area contributed by atoms with Crippen LogP contribution in [0, 0.1) is 18.8 Å². The summed E-state index contributed by atoms with van der Waals surface area (Å²) in [5, 5.41) is 4.17. The van der Waals surface area contributed by atoms with Gasteiger partial charge in [-0.1, -0.05) is 27.7 Å². The van der Waals surface area contributed by atoms with E-state index < -0.39 is 0 Å². The second-order valence-electron chi connectivity index (χ2n) is 4.70. The third-order valence-corrected chi connectivity index (χ3v) is 2.43. The minimum Gasteiger partial charge on any atom is -0.456 e. The van der Waals surface area contributed by atoms with Gasteiger partial charge in [0.2, 0.25) is 0 Å². The lowest BCUT2D eigenvalue weighted by molar-refractivity contribution is 0.0925. The number of nitrogens with one attached hydrogen (secondary N) is 1. The zero-order valence-corrected chi connectivity index (χ0v) is 11.1. The number of furan rings is 1. The van der Waals surface area contributed by atoms with Crippen molar-refractivity contribution in [2.75, 3.05) is 0 Å². The average Bonchev–Trinajstić information content (AvgIpc) is 2.63. The Balaban J connectivity index is 2.72. The van der Waals surface area contributed by atoms with Crippen LogP contribution in [0.4, 0.5) is 0 Å². The first-order chi connectivity index (χ1) is 7.91. The summed E-state index contributed by atoms with van der Waals surface area (Å²) in [7, 11) is 0. The fourth-order valence-corrected chi connectivity index (χ4v) is 1.65. The number of aryl methyl sites for hydroxylation is 1. The summed E-state index contributed by atoms with van der Waals surface area (Å²) in [5.74, 6) is 1.32. The zero-order valence-electron chi connectivity index (χ0n) is 11.1. The summed E-state index contributed by atoms with van der Waals surface area (Å²) in [5.41, 5.74) is 3.50. The molecule has 0 fully saturated rings. The largest absolute Gasteiger partial charge is 0.456 e. The maximum Gasteiger partial charge on any atom is 0.307 e. The van der Waals surface area contributed by atoms with E-state index in [0.29, 0.717) is 17.6 Å². The molecule has 1 N–H and O–H groups in total. The Bertz CT molecular complexity index is 407. The van der Waals surface area contributed by atoms with Gasteiger partial charge in [-0.25, -0.2) is 5.43 Å². The minimum absolute atomic E-state index is 0.290. The second-order valence-corrected chi connectivity index (χ2v) is 4.70. The number of hydrazone groups is 1. The molecule has 1 aromatic rings. The normalized spacial score (nSPS) is 10.8. The van der Waals surface area contributed by atoms with Crippen LogP contribution >= 0.6 is 0 Å². The summed E-state index contributed by atoms with van der Waals surface area (Å²) < 4.78 is 5.22. The van der Waals surface area contributed by atoms with Gasteiger partial charge in [-0.2, -0.15) is 5.10 Å². The lowest BCUT2D eigenvalue weighted by Gasteiger charge is -2.13. The maximum absolute atomic E-state index is 11.7. The van der Waals surface area contributed by atoms with Crippen molar-refractivity contribution < 1.29 is 9.21 Å². The number of rotatable bonds is 4. The van der Waals surface area contributed by atoms with Gasteiger partial charge in [-0.3, -0.25) is 4.79 Å². The van der Waals surface area contributed by atoms with E-state index in [0.717, 1.165) is 5.71 Å². The molecule has 4 heteroatoms. The Morgan fingerprint density at radius 3 is 2.24 bits per heavy atom. The van der Waals surface area contributed by atoms with E-state index in [4.69, 9.17) is 4.42 Å². The predicted octanol–water partition coefficient (Wildman–Crippen LogP) is 2.99. The van der Waals surface area contributed by atoms with Gasteiger partial charge in [0.05, 0.1) is 0 Å². The highest BCUT2D eigenvalue weighted by Gasteiger charge is 2.13. The number of hydrogen-bond acceptors (Lipinski definition) is 3. The monoisotopic (exact) mass is 236 g/mol. The summed E-state index contributed by atoms with van der Waals surface area (Å²) in [6.07, 6.45) is 0. The van der Waals surface area contributed by atoms with Crippen LogP contribution in [0.5, 0.6) is 0 Å². The molecule has 1 aromatic heterocycles. The molecular weight excluding hydrogens is 216 g/mol. The minimum atomic E-state index is -0.308. The van der Waals surface area contributed by atoms with E-state index in [1.54, 1.807) is 19.1 Å². The quantitative estimate of drug-likeness (QED) is 0.645. The first-order valence-electron chi connectivity index (χ1n) is 5.86. The number of amides is 1. The van der Waals surface area contributed by atoms with Gasteiger partial charge < -0.3 is 4.42 Å². The summed E-state index contributed by atoms with van der Waals surface area (Å²) in [4.78, 5) is 11.7. The van der Waals surface area contributed by atoms with Gasteiger partial charge in [0.25, 0.3) is 0 Å². The van der Waals surface area contributed by atoms with Crippen molar-refractivity contribution in [1.29, 1.82) is 0 Å². The van der Waals surface area contributed by atoms with Gasteiger partial charge >= 0.3 is 5.91 Å². The van der Waals surface area contributed by atoms with E-state index in [-0.39, 0.29) is 11.7 Å². The van der Waals surface area contributed by atoms with E-state index in [1.807, 2.05) is 0 Å². The highest BCUT2D eigenvalue weighted by molar-refractivity contribution is 5.94. The standard InChI is InChI=1S/C13H20N2O2/c1-8(2)12(9(3)4)14-15-13(16)11-7-6-10(5)17-11/h6-9H,1-5H3,(H,15,16). The van der Waals surface area contributed by atoms with Gasteiger partial charge in [-0.05, 0) is 30.9 Å². The van der Waals surface area contributed by atoms with Crippen LogP contribution in [-0.2, 0) is 0 Å². The SMILES string of the molecule is Cc1ccc(C(=O)NN=C(C(C)C)C(C)C)o1. The number of carbonyl (C=O) groups is 1. The second kappa shape index (κ2) is 5.66. The van der Waals surface area contributed by atoms with Crippen LogP contribution in [0.15, 0.2) is 21.7 Å². The first-order valence-corrected chi connectivity index (χ1v) is 5.86. The highest BCUT2D eigenvalue weighted by atomic mass is 16.3. The zero-order chi connectivity index (χ0) is 13.0. The highest BCUT2D eigenvalue weighted by Crippen LogP contribution is 2.08. The van der Waals surface area contributed by atoms with Crippen molar-refractivity contribution in [1.82, 2.24) is 5.43 Å². The van der Waals surface area contributed by atoms with Crippen LogP contribution in [-0.4, -0.2) is 11.6 Å². The molecule has 0 aliphatic rings. The van der Waals surface area contributed by atoms with E-state index >= 15 is 0 Å². The predicted molar refractivity (Wildman–Crippen MR) is 68.0 cm³/mol. The molecule has 0 radical (unpaired) electrons. The van der Waals surface area contributed by atoms with Crippen LogP contribution in [0.2, 0.25) is 0 Å². The Hall–Kier alpha value is -1.58. The van der Waals surface area contributed by atoms with Crippen molar-refractivity contribution in [3.63, 3.8) is 0 Å². The van der Waals surface area contributed by atoms with E-state index in [9.17, 15) is 4.79 Å². The molecule has 0 saturated heterocycles. The molecule has 1 heterocycles. The number of hydrogen-bond donors (Lipinski definition) is 1. The summed E-state index contributed by atoms with van der Waals surface area (Å²) >= 11 is 0. The number of carbonyl (C=O) groups excluding carboxylic acids is 1. The van der Waals surface area contributed by atoms with E-state index in [2.05, 4.69) is 38.2 Å². The van der Waals surface area contributed by atoms with Crippen molar-refractivity contribution in [3.05, 3.63) is 23.7 Å². The molecule has 0 spiro atoms. The molecular formula is C13H20N2O2. The van der Waals surface area contributed by atoms with Crippen molar-refractivity contribution in [3.8, 4) is 0 Å². The third-order valence-electron chi connectivity index (χ3n) is 2.43. The molecule has 4 nitrogen and oxygen atoms in total. The molecule has 0 aliphatic carbocycles. The fourth-order valence-electron chi connectivity index (χ4n) is 1.65. The van der Waals surface area contributed by atoms with Crippen molar-refractivity contribution in [2.24, 2.45) is 16.9 Å². The van der Waals surface area contributed by atoms with Crippen molar-refractivity contribution in [2.45, 2.75) is 34.6 Å². The fraction of sp³-hybridized carbons (Fsp3) is 0.538. The lowest BCUT2D eigenvalue weighted by Crippen LogP contribution is -2.24. The Labute approximate surface area is 102 Å². The molecule has 1 amide bonds. The molecule has 0 bridgehead atoms. The van der Waals surface area contributed by atoms with Crippen LogP contribution in [0.3, 0.4) is 0 Å². The van der Waals surface area contributed by atoms with Crippen molar-refractivity contribution >= 4 is 11.6 Å². The van der Waals surface area contributed by atoms with Gasteiger partial charge in [0.1, 0.15) is 5.76 Å². The molecule has 0 aliphatic heterocycles. The summed E-state index contributed by atoms with van der Waals surface area (Å²) in [6, 6.07) is 3.40. The lowest BCUT2D eigenvalue weighted by atomic mass is 9.98.